The Morgan fingerprint density at radius 3 is 2.79 bits per heavy atom. The zero-order valence-electron chi connectivity index (χ0n) is 8.34. The van der Waals surface area contributed by atoms with Gasteiger partial charge in [0, 0.05) is 12.5 Å². The zero-order chi connectivity index (χ0) is 10.6. The minimum Gasteiger partial charge on any atom is -0.319 e. The highest BCUT2D eigenvalue weighted by atomic mass is 79.9. The van der Waals surface area contributed by atoms with Gasteiger partial charge in [0.15, 0.2) is 5.78 Å². The van der Waals surface area contributed by atoms with Gasteiger partial charge in [0.1, 0.15) is 0 Å². The molecular weight excluding hydrogens is 262 g/mol. The van der Waals surface area contributed by atoms with E-state index in [-0.39, 0.29) is 11.7 Å². The maximum absolute atomic E-state index is 11.9. The van der Waals surface area contributed by atoms with Crippen LogP contribution in [0.1, 0.15) is 23.0 Å². The molecule has 78 valence electrons. The molecule has 1 atom stereocenters. The van der Waals surface area contributed by atoms with Crippen LogP contribution in [-0.4, -0.2) is 19.4 Å². The maximum atomic E-state index is 11.9. The first kappa shape index (κ1) is 11.9. The van der Waals surface area contributed by atoms with E-state index in [1.54, 1.807) is 0 Å². The first-order valence-corrected chi connectivity index (χ1v) is 6.24. The molecule has 1 N–H and O–H groups in total. The van der Waals surface area contributed by atoms with Crippen LogP contribution in [0, 0.1) is 5.92 Å². The van der Waals surface area contributed by atoms with Crippen LogP contribution < -0.4 is 5.32 Å². The van der Waals surface area contributed by atoms with E-state index in [9.17, 15) is 4.79 Å². The third kappa shape index (κ3) is 2.90. The summed E-state index contributed by atoms with van der Waals surface area (Å²) in [4.78, 5) is 12.8. The SMILES string of the molecule is CCC(CNC)C(=O)c1ccc(Br)s1. The normalized spacial score (nSPS) is 12.8. The average molecular weight is 276 g/mol. The first-order chi connectivity index (χ1) is 6.69. The molecule has 2 nitrogen and oxygen atoms in total. The smallest absolute Gasteiger partial charge is 0.177 e. The van der Waals surface area contributed by atoms with E-state index in [1.807, 2.05) is 26.1 Å². The number of halogens is 1. The summed E-state index contributed by atoms with van der Waals surface area (Å²) in [5.41, 5.74) is 0. The molecule has 0 aliphatic carbocycles. The largest absolute Gasteiger partial charge is 0.319 e. The van der Waals surface area contributed by atoms with Crippen molar-refractivity contribution in [2.24, 2.45) is 5.92 Å². The molecular formula is C10H14BrNOS. The van der Waals surface area contributed by atoms with Gasteiger partial charge in [-0.3, -0.25) is 4.79 Å². The second-order valence-corrected chi connectivity index (χ2v) is 5.59. The molecule has 1 unspecified atom stereocenters. The number of carbonyl (C=O) groups is 1. The van der Waals surface area contributed by atoms with Gasteiger partial charge < -0.3 is 5.32 Å². The Kier molecular flexibility index (Phi) is 4.78. The third-order valence-corrected chi connectivity index (χ3v) is 3.77. The number of thiophene rings is 1. The lowest BCUT2D eigenvalue weighted by atomic mass is 10.0. The molecule has 1 heterocycles. The fraction of sp³-hybridized carbons (Fsp3) is 0.500. The number of nitrogens with one attached hydrogen (secondary N) is 1. The van der Waals surface area contributed by atoms with Gasteiger partial charge in [-0.25, -0.2) is 0 Å². The summed E-state index contributed by atoms with van der Waals surface area (Å²) < 4.78 is 1.01. The predicted octanol–water partition coefficient (Wildman–Crippen LogP) is 2.94. The number of hydrogen-bond acceptors (Lipinski definition) is 3. The van der Waals surface area contributed by atoms with E-state index < -0.39 is 0 Å². The second-order valence-electron chi connectivity index (χ2n) is 3.13. The van der Waals surface area contributed by atoms with Gasteiger partial charge in [0.05, 0.1) is 8.66 Å². The number of ketones is 1. The van der Waals surface area contributed by atoms with E-state index >= 15 is 0 Å². The molecule has 0 aromatic carbocycles. The Balaban J connectivity index is 2.72. The van der Waals surface area contributed by atoms with E-state index in [4.69, 9.17) is 0 Å². The van der Waals surface area contributed by atoms with Crippen molar-refractivity contribution in [2.75, 3.05) is 13.6 Å². The van der Waals surface area contributed by atoms with Gasteiger partial charge in [-0.15, -0.1) is 11.3 Å². The zero-order valence-corrected chi connectivity index (χ0v) is 10.7. The molecule has 14 heavy (non-hydrogen) atoms. The highest BCUT2D eigenvalue weighted by molar-refractivity contribution is 9.11. The van der Waals surface area contributed by atoms with Gasteiger partial charge in [-0.1, -0.05) is 6.92 Å². The molecule has 0 amide bonds. The van der Waals surface area contributed by atoms with Gasteiger partial charge in [0.2, 0.25) is 0 Å². The van der Waals surface area contributed by atoms with Crippen LogP contribution in [0.25, 0.3) is 0 Å². The Morgan fingerprint density at radius 1 is 1.64 bits per heavy atom. The first-order valence-electron chi connectivity index (χ1n) is 4.63. The minimum absolute atomic E-state index is 0.102. The van der Waals surface area contributed by atoms with Crippen molar-refractivity contribution in [3.05, 3.63) is 20.8 Å². The average Bonchev–Trinajstić information content (AvgIpc) is 2.60. The summed E-state index contributed by atoms with van der Waals surface area (Å²) in [5, 5.41) is 3.05. The quantitative estimate of drug-likeness (QED) is 0.838. The molecule has 0 aliphatic rings. The Morgan fingerprint density at radius 2 is 2.36 bits per heavy atom. The molecule has 0 aliphatic heterocycles. The molecule has 0 fully saturated rings. The lowest BCUT2D eigenvalue weighted by Crippen LogP contribution is -2.25. The van der Waals surface area contributed by atoms with Crippen molar-refractivity contribution in [3.8, 4) is 0 Å². The number of carbonyl (C=O) groups excluding carboxylic acids is 1. The van der Waals surface area contributed by atoms with Gasteiger partial charge >= 0.3 is 0 Å². The Bertz CT molecular complexity index is 311. The van der Waals surface area contributed by atoms with Crippen LogP contribution in [0.5, 0.6) is 0 Å². The van der Waals surface area contributed by atoms with Crippen LogP contribution in [0.4, 0.5) is 0 Å². The standard InChI is InChI=1S/C10H14BrNOS/c1-3-7(6-12-2)10(13)8-4-5-9(11)14-8/h4-5,7,12H,3,6H2,1-2H3. The summed E-state index contributed by atoms with van der Waals surface area (Å²) in [6.45, 7) is 2.80. The monoisotopic (exact) mass is 275 g/mol. The molecule has 0 bridgehead atoms. The number of Topliss-reactive ketones (excluding diaryl/α,β-unsaturated/α-hetero) is 1. The molecule has 0 saturated carbocycles. The molecule has 1 rings (SSSR count). The van der Waals surface area contributed by atoms with Crippen LogP contribution in [0.3, 0.4) is 0 Å². The molecule has 0 saturated heterocycles. The van der Waals surface area contributed by atoms with Crippen molar-refractivity contribution in [1.29, 1.82) is 0 Å². The highest BCUT2D eigenvalue weighted by Gasteiger charge is 2.18. The maximum Gasteiger partial charge on any atom is 0.177 e. The lowest BCUT2D eigenvalue weighted by molar-refractivity contribution is 0.0921. The Hall–Kier alpha value is -0.190. The topological polar surface area (TPSA) is 29.1 Å². The van der Waals surface area contributed by atoms with Crippen molar-refractivity contribution >= 4 is 33.0 Å². The molecule has 4 heteroatoms. The van der Waals surface area contributed by atoms with Gasteiger partial charge in [-0.2, -0.15) is 0 Å². The molecule has 0 radical (unpaired) electrons. The van der Waals surface area contributed by atoms with Crippen molar-refractivity contribution < 1.29 is 4.79 Å². The van der Waals surface area contributed by atoms with Crippen LogP contribution >= 0.6 is 27.3 Å². The van der Waals surface area contributed by atoms with E-state index in [2.05, 4.69) is 21.2 Å². The van der Waals surface area contributed by atoms with Crippen LogP contribution in [-0.2, 0) is 0 Å². The van der Waals surface area contributed by atoms with Crippen LogP contribution in [0.15, 0.2) is 15.9 Å². The van der Waals surface area contributed by atoms with E-state index in [0.29, 0.717) is 0 Å². The second kappa shape index (κ2) is 5.63. The Labute approximate surface area is 96.8 Å². The molecule has 0 spiro atoms. The van der Waals surface area contributed by atoms with Crippen LogP contribution in [0.2, 0.25) is 0 Å². The molecule has 1 aromatic heterocycles. The summed E-state index contributed by atoms with van der Waals surface area (Å²) in [6, 6.07) is 3.80. The lowest BCUT2D eigenvalue weighted by Gasteiger charge is -2.11. The third-order valence-electron chi connectivity index (χ3n) is 2.13. The predicted molar refractivity (Wildman–Crippen MR) is 64.1 cm³/mol. The number of rotatable bonds is 5. The van der Waals surface area contributed by atoms with Crippen molar-refractivity contribution in [3.63, 3.8) is 0 Å². The van der Waals surface area contributed by atoms with Crippen molar-refractivity contribution in [1.82, 2.24) is 5.32 Å². The number of hydrogen-bond donors (Lipinski definition) is 1. The van der Waals surface area contributed by atoms with E-state index in [0.717, 1.165) is 21.6 Å². The summed E-state index contributed by atoms with van der Waals surface area (Å²) in [7, 11) is 1.88. The van der Waals surface area contributed by atoms with Crippen molar-refractivity contribution in [2.45, 2.75) is 13.3 Å². The highest BCUT2D eigenvalue weighted by Crippen LogP contribution is 2.25. The minimum atomic E-state index is 0.102. The fourth-order valence-electron chi connectivity index (χ4n) is 1.32. The molecule has 1 aromatic rings. The summed E-state index contributed by atoms with van der Waals surface area (Å²) >= 11 is 4.87. The van der Waals surface area contributed by atoms with E-state index in [1.165, 1.54) is 11.3 Å². The summed E-state index contributed by atoms with van der Waals surface area (Å²) in [5.74, 6) is 0.350. The van der Waals surface area contributed by atoms with Gasteiger partial charge in [-0.05, 0) is 41.5 Å². The fourth-order valence-corrected chi connectivity index (χ4v) is 2.72. The van der Waals surface area contributed by atoms with Gasteiger partial charge in [0.25, 0.3) is 0 Å². The summed E-state index contributed by atoms with van der Waals surface area (Å²) in [6.07, 6.45) is 0.884.